The van der Waals surface area contributed by atoms with Crippen molar-refractivity contribution in [2.45, 2.75) is 24.4 Å². The van der Waals surface area contributed by atoms with Crippen molar-refractivity contribution in [1.29, 1.82) is 0 Å². The molecule has 0 aromatic heterocycles. The SMILES string of the molecule is CC12CCS(=O)(=O)C1O2. The predicted octanol–water partition coefficient (Wildman–Crippen LogP) is -0.0801. The highest BCUT2D eigenvalue weighted by Gasteiger charge is 2.64. The van der Waals surface area contributed by atoms with Crippen molar-refractivity contribution in [3.63, 3.8) is 0 Å². The molecule has 52 valence electrons. The molecule has 0 aliphatic carbocycles. The van der Waals surface area contributed by atoms with Crippen LogP contribution in [0, 0.1) is 0 Å². The van der Waals surface area contributed by atoms with Crippen LogP contribution in [0.3, 0.4) is 0 Å². The van der Waals surface area contributed by atoms with Gasteiger partial charge in [-0.3, -0.25) is 0 Å². The second-order valence-electron chi connectivity index (χ2n) is 2.88. The Hall–Kier alpha value is -0.0900. The highest BCUT2D eigenvalue weighted by atomic mass is 32.2. The van der Waals surface area contributed by atoms with E-state index in [0.29, 0.717) is 12.2 Å². The van der Waals surface area contributed by atoms with Gasteiger partial charge < -0.3 is 4.74 Å². The fourth-order valence-electron chi connectivity index (χ4n) is 1.29. The van der Waals surface area contributed by atoms with Gasteiger partial charge in [0.15, 0.2) is 15.3 Å². The van der Waals surface area contributed by atoms with E-state index < -0.39 is 15.3 Å². The van der Waals surface area contributed by atoms with E-state index in [4.69, 9.17) is 4.74 Å². The van der Waals surface area contributed by atoms with E-state index in [1.54, 1.807) is 0 Å². The molecule has 9 heavy (non-hydrogen) atoms. The Kier molecular flexibility index (Phi) is 0.743. The lowest BCUT2D eigenvalue weighted by atomic mass is 10.1. The molecule has 0 N–H and O–H groups in total. The first-order chi connectivity index (χ1) is 4.05. The van der Waals surface area contributed by atoms with Crippen LogP contribution in [0.2, 0.25) is 0 Å². The molecule has 2 heterocycles. The van der Waals surface area contributed by atoms with Crippen LogP contribution in [-0.4, -0.2) is 25.2 Å². The highest BCUT2D eigenvalue weighted by Crippen LogP contribution is 2.48. The Morgan fingerprint density at radius 1 is 1.67 bits per heavy atom. The number of fused-ring (bicyclic) bond motifs is 1. The quantitative estimate of drug-likeness (QED) is 0.451. The molecular formula is C5H8O3S. The van der Waals surface area contributed by atoms with Crippen LogP contribution in [0.1, 0.15) is 13.3 Å². The molecule has 2 fully saturated rings. The van der Waals surface area contributed by atoms with Gasteiger partial charge in [0, 0.05) is 0 Å². The summed E-state index contributed by atoms with van der Waals surface area (Å²) >= 11 is 0. The van der Waals surface area contributed by atoms with Gasteiger partial charge in [-0.1, -0.05) is 0 Å². The number of ether oxygens (including phenoxy) is 1. The minimum Gasteiger partial charge on any atom is -0.349 e. The van der Waals surface area contributed by atoms with Gasteiger partial charge in [-0.05, 0) is 13.3 Å². The summed E-state index contributed by atoms with van der Waals surface area (Å²) in [5.41, 5.74) is -0.747. The van der Waals surface area contributed by atoms with E-state index >= 15 is 0 Å². The molecule has 2 saturated heterocycles. The van der Waals surface area contributed by atoms with Crippen LogP contribution in [0.5, 0.6) is 0 Å². The summed E-state index contributed by atoms with van der Waals surface area (Å²) < 4.78 is 26.7. The first kappa shape index (κ1) is 5.68. The Balaban J connectivity index is 2.42. The average Bonchev–Trinajstić information content (AvgIpc) is 2.35. The molecule has 3 nitrogen and oxygen atoms in total. The lowest BCUT2D eigenvalue weighted by molar-refractivity contribution is 0.305. The number of epoxide rings is 1. The van der Waals surface area contributed by atoms with Crippen LogP contribution >= 0.6 is 0 Å². The Labute approximate surface area is 53.9 Å². The summed E-state index contributed by atoms with van der Waals surface area (Å²) in [6.45, 7) is 1.85. The van der Waals surface area contributed by atoms with Gasteiger partial charge in [0.1, 0.15) is 5.60 Å². The molecular weight excluding hydrogens is 140 g/mol. The normalized spacial score (nSPS) is 52.8. The molecule has 0 aromatic carbocycles. The van der Waals surface area contributed by atoms with Crippen LogP contribution in [0.15, 0.2) is 0 Å². The van der Waals surface area contributed by atoms with Gasteiger partial charge in [-0.2, -0.15) is 0 Å². The largest absolute Gasteiger partial charge is 0.349 e. The molecule has 0 spiro atoms. The third-order valence-corrected chi connectivity index (χ3v) is 4.05. The molecule has 2 rings (SSSR count). The Morgan fingerprint density at radius 2 is 2.33 bits per heavy atom. The number of sulfone groups is 1. The first-order valence-corrected chi connectivity index (χ1v) is 4.66. The molecule has 2 atom stereocenters. The minimum atomic E-state index is -2.83. The Bertz CT molecular complexity index is 243. The van der Waals surface area contributed by atoms with Crippen LogP contribution in [0.4, 0.5) is 0 Å². The van der Waals surface area contributed by atoms with Gasteiger partial charge in [0.05, 0.1) is 5.75 Å². The van der Waals surface area contributed by atoms with Crippen LogP contribution < -0.4 is 0 Å². The van der Waals surface area contributed by atoms with Crippen LogP contribution in [-0.2, 0) is 14.6 Å². The van der Waals surface area contributed by atoms with Crippen molar-refractivity contribution < 1.29 is 13.2 Å². The second kappa shape index (κ2) is 1.18. The topological polar surface area (TPSA) is 46.7 Å². The van der Waals surface area contributed by atoms with E-state index in [1.165, 1.54) is 0 Å². The predicted molar refractivity (Wildman–Crippen MR) is 31.7 cm³/mol. The maximum absolute atomic E-state index is 10.9. The molecule has 4 heteroatoms. The summed E-state index contributed by atoms with van der Waals surface area (Å²) in [6, 6.07) is 0. The van der Waals surface area contributed by atoms with Crippen molar-refractivity contribution in [2.75, 3.05) is 5.75 Å². The number of hydrogen-bond acceptors (Lipinski definition) is 3. The molecule has 0 aromatic rings. The van der Waals surface area contributed by atoms with E-state index in [2.05, 4.69) is 0 Å². The minimum absolute atomic E-state index is 0.293. The molecule has 2 aliphatic heterocycles. The van der Waals surface area contributed by atoms with Gasteiger partial charge in [0.25, 0.3) is 0 Å². The third kappa shape index (κ3) is 0.576. The summed E-state index contributed by atoms with van der Waals surface area (Å²) in [7, 11) is -2.83. The van der Waals surface area contributed by atoms with Crippen LogP contribution in [0.25, 0.3) is 0 Å². The summed E-state index contributed by atoms with van der Waals surface area (Å²) in [4.78, 5) is 0. The second-order valence-corrected chi connectivity index (χ2v) is 5.04. The molecule has 0 amide bonds. The lowest BCUT2D eigenvalue weighted by Gasteiger charge is -1.93. The van der Waals surface area contributed by atoms with E-state index in [1.807, 2.05) is 6.92 Å². The molecule has 0 bridgehead atoms. The maximum atomic E-state index is 10.9. The fourth-order valence-corrected chi connectivity index (χ4v) is 3.44. The van der Waals surface area contributed by atoms with Gasteiger partial charge in [0.2, 0.25) is 0 Å². The Morgan fingerprint density at radius 3 is 2.44 bits per heavy atom. The molecule has 2 unspecified atom stereocenters. The van der Waals surface area contributed by atoms with Crippen molar-refractivity contribution in [1.82, 2.24) is 0 Å². The van der Waals surface area contributed by atoms with Crippen molar-refractivity contribution in [3.8, 4) is 0 Å². The lowest BCUT2D eigenvalue weighted by Crippen LogP contribution is -2.06. The first-order valence-electron chi connectivity index (χ1n) is 2.94. The fraction of sp³-hybridized carbons (Fsp3) is 1.00. The van der Waals surface area contributed by atoms with Gasteiger partial charge >= 0.3 is 0 Å². The molecule has 0 saturated carbocycles. The zero-order valence-corrected chi connectivity index (χ0v) is 5.94. The third-order valence-electron chi connectivity index (χ3n) is 2.03. The van der Waals surface area contributed by atoms with Gasteiger partial charge in [-0.25, -0.2) is 8.42 Å². The highest BCUT2D eigenvalue weighted by molar-refractivity contribution is 7.92. The van der Waals surface area contributed by atoms with E-state index in [-0.39, 0.29) is 5.60 Å². The van der Waals surface area contributed by atoms with E-state index in [9.17, 15) is 8.42 Å². The summed E-state index contributed by atoms with van der Waals surface area (Å²) in [5, 5.41) is 0. The summed E-state index contributed by atoms with van der Waals surface area (Å²) in [5.74, 6) is 0.314. The monoisotopic (exact) mass is 148 g/mol. The standard InChI is InChI=1S/C5H8O3S/c1-5-2-3-9(6,7)4(5)8-5/h4H,2-3H2,1H3. The maximum Gasteiger partial charge on any atom is 0.188 e. The van der Waals surface area contributed by atoms with Crippen molar-refractivity contribution in [3.05, 3.63) is 0 Å². The van der Waals surface area contributed by atoms with Crippen molar-refractivity contribution >= 4 is 9.84 Å². The zero-order chi connectivity index (χ0) is 6.70. The van der Waals surface area contributed by atoms with Gasteiger partial charge in [-0.15, -0.1) is 0 Å². The number of rotatable bonds is 0. The van der Waals surface area contributed by atoms with Crippen molar-refractivity contribution in [2.24, 2.45) is 0 Å². The number of hydrogen-bond donors (Lipinski definition) is 0. The molecule has 0 radical (unpaired) electrons. The zero-order valence-electron chi connectivity index (χ0n) is 5.12. The smallest absolute Gasteiger partial charge is 0.188 e. The van der Waals surface area contributed by atoms with E-state index in [0.717, 1.165) is 0 Å². The summed E-state index contributed by atoms with van der Waals surface area (Å²) in [6.07, 6.45) is 0.681. The average molecular weight is 148 g/mol. The molecule has 2 aliphatic rings.